The van der Waals surface area contributed by atoms with Crippen molar-refractivity contribution in [3.8, 4) is 0 Å². The molecule has 0 saturated heterocycles. The van der Waals surface area contributed by atoms with Crippen LogP contribution in [0.4, 0.5) is 0 Å². The normalized spacial score (nSPS) is 20.6. The molecule has 0 bridgehead atoms. The average molecular weight is 231 g/mol. The fraction of sp³-hybridized carbons (Fsp3) is 0.467. The molecule has 92 valence electrons. The average Bonchev–Trinajstić information content (AvgIpc) is 2.38. The monoisotopic (exact) mass is 231 g/mol. The molecule has 1 heterocycles. The summed E-state index contributed by atoms with van der Waals surface area (Å²) in [7, 11) is 0. The van der Waals surface area contributed by atoms with Gasteiger partial charge in [0.15, 0.2) is 0 Å². The number of benzene rings is 1. The quantitative estimate of drug-likeness (QED) is 0.624. The maximum absolute atomic E-state index is 6.24. The Labute approximate surface area is 103 Å². The topological polar surface area (TPSA) is 35.2 Å². The summed E-state index contributed by atoms with van der Waals surface area (Å²) in [5.74, 6) is 0. The molecule has 0 spiro atoms. The number of hydrogen-bond acceptors (Lipinski definition) is 2. The summed E-state index contributed by atoms with van der Waals surface area (Å²) >= 11 is 0. The van der Waals surface area contributed by atoms with Crippen molar-refractivity contribution in [3.63, 3.8) is 0 Å². The molecule has 0 aromatic heterocycles. The smallest absolute Gasteiger partial charge is 0.0978 e. The van der Waals surface area contributed by atoms with Gasteiger partial charge in [0.2, 0.25) is 0 Å². The third kappa shape index (κ3) is 2.96. The van der Waals surface area contributed by atoms with E-state index in [0.717, 1.165) is 32.3 Å². The molecule has 1 aromatic rings. The van der Waals surface area contributed by atoms with Crippen LogP contribution in [0.2, 0.25) is 0 Å². The molecule has 1 aliphatic heterocycles. The second kappa shape index (κ2) is 5.99. The number of nitrogens with two attached hydrogens (primary N) is 1. The van der Waals surface area contributed by atoms with Crippen molar-refractivity contribution in [2.45, 2.75) is 37.8 Å². The van der Waals surface area contributed by atoms with Gasteiger partial charge in [0.25, 0.3) is 0 Å². The third-order valence-corrected chi connectivity index (χ3v) is 3.37. The SMILES string of the molecule is C=CCCCC(N)C1OCCc2ccccc21. The van der Waals surface area contributed by atoms with E-state index in [1.165, 1.54) is 11.1 Å². The number of fused-ring (bicyclic) bond motifs is 1. The molecule has 0 fully saturated rings. The van der Waals surface area contributed by atoms with Crippen LogP contribution in [0.5, 0.6) is 0 Å². The molecule has 2 heteroatoms. The van der Waals surface area contributed by atoms with Crippen LogP contribution in [0, 0.1) is 0 Å². The van der Waals surface area contributed by atoms with E-state index in [4.69, 9.17) is 10.5 Å². The molecular weight excluding hydrogens is 210 g/mol. The summed E-state index contributed by atoms with van der Waals surface area (Å²) in [6.07, 6.45) is 6.14. The Bertz CT molecular complexity index is 375. The first-order valence-corrected chi connectivity index (χ1v) is 6.39. The number of ether oxygens (including phenoxy) is 1. The van der Waals surface area contributed by atoms with Crippen LogP contribution in [-0.4, -0.2) is 12.6 Å². The number of allylic oxidation sites excluding steroid dienone is 1. The molecule has 0 radical (unpaired) electrons. The van der Waals surface area contributed by atoms with Gasteiger partial charge in [0.1, 0.15) is 0 Å². The second-order valence-electron chi connectivity index (χ2n) is 4.62. The van der Waals surface area contributed by atoms with Crippen LogP contribution < -0.4 is 5.73 Å². The standard InChI is InChI=1S/C15H21NO/c1-2-3-4-9-14(16)15-13-8-6-5-7-12(13)10-11-17-15/h2,5-8,14-15H,1,3-4,9-11,16H2. The van der Waals surface area contributed by atoms with Crippen molar-refractivity contribution < 1.29 is 4.74 Å². The number of unbranched alkanes of at least 4 members (excludes halogenated alkanes) is 1. The minimum atomic E-state index is 0.0739. The maximum Gasteiger partial charge on any atom is 0.0978 e. The molecule has 2 nitrogen and oxygen atoms in total. The van der Waals surface area contributed by atoms with Gasteiger partial charge < -0.3 is 10.5 Å². The van der Waals surface area contributed by atoms with E-state index >= 15 is 0 Å². The third-order valence-electron chi connectivity index (χ3n) is 3.37. The Kier molecular flexibility index (Phi) is 4.35. The van der Waals surface area contributed by atoms with Crippen molar-refractivity contribution in [2.24, 2.45) is 5.73 Å². The maximum atomic E-state index is 6.24. The van der Waals surface area contributed by atoms with E-state index in [0.29, 0.717) is 0 Å². The molecule has 0 aliphatic carbocycles. The first kappa shape index (κ1) is 12.3. The van der Waals surface area contributed by atoms with Crippen LogP contribution in [-0.2, 0) is 11.2 Å². The van der Waals surface area contributed by atoms with Gasteiger partial charge in [0, 0.05) is 6.04 Å². The zero-order valence-corrected chi connectivity index (χ0v) is 10.3. The zero-order chi connectivity index (χ0) is 12.1. The van der Waals surface area contributed by atoms with Crippen LogP contribution in [0.15, 0.2) is 36.9 Å². The van der Waals surface area contributed by atoms with E-state index in [1.54, 1.807) is 0 Å². The first-order valence-electron chi connectivity index (χ1n) is 6.39. The van der Waals surface area contributed by atoms with E-state index in [9.17, 15) is 0 Å². The van der Waals surface area contributed by atoms with Crippen molar-refractivity contribution in [1.29, 1.82) is 0 Å². The van der Waals surface area contributed by atoms with Crippen molar-refractivity contribution in [2.75, 3.05) is 6.61 Å². The highest BCUT2D eigenvalue weighted by molar-refractivity contribution is 5.31. The van der Waals surface area contributed by atoms with Crippen molar-refractivity contribution in [1.82, 2.24) is 0 Å². The first-order chi connectivity index (χ1) is 8.33. The highest BCUT2D eigenvalue weighted by atomic mass is 16.5. The highest BCUT2D eigenvalue weighted by Crippen LogP contribution is 2.30. The molecule has 1 aliphatic rings. The van der Waals surface area contributed by atoms with E-state index in [1.807, 2.05) is 6.08 Å². The summed E-state index contributed by atoms with van der Waals surface area (Å²) in [4.78, 5) is 0. The van der Waals surface area contributed by atoms with Gasteiger partial charge in [-0.1, -0.05) is 30.3 Å². The lowest BCUT2D eigenvalue weighted by Crippen LogP contribution is -2.33. The Morgan fingerprint density at radius 2 is 2.29 bits per heavy atom. The van der Waals surface area contributed by atoms with E-state index < -0.39 is 0 Å². The molecule has 2 N–H and O–H groups in total. The molecule has 17 heavy (non-hydrogen) atoms. The van der Waals surface area contributed by atoms with E-state index in [-0.39, 0.29) is 12.1 Å². The van der Waals surface area contributed by atoms with Crippen LogP contribution in [0.3, 0.4) is 0 Å². The predicted octanol–water partition coefficient (Wildman–Crippen LogP) is 2.98. The van der Waals surface area contributed by atoms with Gasteiger partial charge in [-0.05, 0) is 36.8 Å². The van der Waals surface area contributed by atoms with Gasteiger partial charge in [-0.3, -0.25) is 0 Å². The Balaban J connectivity index is 2.04. The van der Waals surface area contributed by atoms with Gasteiger partial charge in [-0.2, -0.15) is 0 Å². The molecule has 1 aromatic carbocycles. The van der Waals surface area contributed by atoms with Gasteiger partial charge in [-0.15, -0.1) is 6.58 Å². The minimum absolute atomic E-state index is 0.0739. The highest BCUT2D eigenvalue weighted by Gasteiger charge is 2.25. The fourth-order valence-electron chi connectivity index (χ4n) is 2.43. The predicted molar refractivity (Wildman–Crippen MR) is 70.9 cm³/mol. The van der Waals surface area contributed by atoms with Crippen molar-refractivity contribution >= 4 is 0 Å². The van der Waals surface area contributed by atoms with Crippen LogP contribution >= 0.6 is 0 Å². The van der Waals surface area contributed by atoms with Gasteiger partial charge in [0.05, 0.1) is 12.7 Å². The Morgan fingerprint density at radius 1 is 1.47 bits per heavy atom. The molecule has 2 rings (SSSR count). The van der Waals surface area contributed by atoms with Crippen molar-refractivity contribution in [3.05, 3.63) is 48.0 Å². The summed E-state index contributed by atoms with van der Waals surface area (Å²) < 4.78 is 5.85. The largest absolute Gasteiger partial charge is 0.372 e. The summed E-state index contributed by atoms with van der Waals surface area (Å²) in [5.41, 5.74) is 8.92. The lowest BCUT2D eigenvalue weighted by atomic mass is 9.91. The minimum Gasteiger partial charge on any atom is -0.372 e. The number of hydrogen-bond donors (Lipinski definition) is 1. The lowest BCUT2D eigenvalue weighted by molar-refractivity contribution is 0.0224. The number of rotatable bonds is 5. The Morgan fingerprint density at radius 3 is 3.12 bits per heavy atom. The fourth-order valence-corrected chi connectivity index (χ4v) is 2.43. The van der Waals surface area contributed by atoms with E-state index in [2.05, 4.69) is 30.8 Å². The molecule has 2 unspecified atom stereocenters. The summed E-state index contributed by atoms with van der Waals surface area (Å²) in [6.45, 7) is 4.52. The van der Waals surface area contributed by atoms with Crippen LogP contribution in [0.1, 0.15) is 36.5 Å². The van der Waals surface area contributed by atoms with Gasteiger partial charge in [-0.25, -0.2) is 0 Å². The summed E-state index contributed by atoms with van der Waals surface area (Å²) in [5, 5.41) is 0. The molecule has 0 amide bonds. The second-order valence-corrected chi connectivity index (χ2v) is 4.62. The molecule has 0 saturated carbocycles. The van der Waals surface area contributed by atoms with Crippen LogP contribution in [0.25, 0.3) is 0 Å². The molecule has 2 atom stereocenters. The van der Waals surface area contributed by atoms with Gasteiger partial charge >= 0.3 is 0 Å². The summed E-state index contributed by atoms with van der Waals surface area (Å²) in [6, 6.07) is 8.58. The zero-order valence-electron chi connectivity index (χ0n) is 10.3. The molecular formula is C15H21NO. The Hall–Kier alpha value is -1.12. The lowest BCUT2D eigenvalue weighted by Gasteiger charge is -2.30.